The molecule has 2 aromatic rings. The Labute approximate surface area is 124 Å². The maximum Gasteiger partial charge on any atom is 0.274 e. The minimum atomic E-state index is -0.103. The van der Waals surface area contributed by atoms with Crippen LogP contribution in [0.3, 0.4) is 0 Å². The van der Waals surface area contributed by atoms with Crippen molar-refractivity contribution in [1.29, 1.82) is 0 Å². The minimum Gasteiger partial charge on any atom is -0.497 e. The molecule has 5 heteroatoms. The highest BCUT2D eigenvalue weighted by molar-refractivity contribution is 6.05. The fraction of sp³-hybridized carbons (Fsp3) is 0.312. The van der Waals surface area contributed by atoms with Crippen LogP contribution < -0.4 is 15.4 Å². The summed E-state index contributed by atoms with van der Waals surface area (Å²) in [6, 6.07) is 9.26. The number of hydrogen-bond acceptors (Lipinski definition) is 3. The van der Waals surface area contributed by atoms with Crippen LogP contribution >= 0.6 is 0 Å². The number of carbonyl (C=O) groups is 1. The van der Waals surface area contributed by atoms with E-state index >= 15 is 0 Å². The largest absolute Gasteiger partial charge is 0.497 e. The van der Waals surface area contributed by atoms with E-state index in [4.69, 9.17) is 10.5 Å². The average Bonchev–Trinajstić information content (AvgIpc) is 2.88. The summed E-state index contributed by atoms with van der Waals surface area (Å²) in [6.07, 6.45) is 1.79. The van der Waals surface area contributed by atoms with Gasteiger partial charge < -0.3 is 19.9 Å². The van der Waals surface area contributed by atoms with Crippen molar-refractivity contribution in [2.75, 3.05) is 24.8 Å². The Balaban J connectivity index is 2.35. The van der Waals surface area contributed by atoms with Crippen molar-refractivity contribution in [3.8, 4) is 5.75 Å². The maximum absolute atomic E-state index is 12.7. The zero-order valence-corrected chi connectivity index (χ0v) is 12.8. The molecule has 1 aromatic carbocycles. The third kappa shape index (κ3) is 3.02. The van der Waals surface area contributed by atoms with Gasteiger partial charge in [0.05, 0.1) is 12.8 Å². The van der Waals surface area contributed by atoms with Gasteiger partial charge in [-0.25, -0.2) is 0 Å². The Morgan fingerprint density at radius 1 is 1.33 bits per heavy atom. The molecule has 21 heavy (non-hydrogen) atoms. The molecule has 0 atom stereocenters. The molecule has 0 saturated heterocycles. The van der Waals surface area contributed by atoms with Gasteiger partial charge in [0, 0.05) is 31.0 Å². The summed E-state index contributed by atoms with van der Waals surface area (Å²) in [5.74, 6) is 0.611. The third-order valence-electron chi connectivity index (χ3n) is 3.39. The summed E-state index contributed by atoms with van der Waals surface area (Å²) in [5, 5.41) is 0. The highest BCUT2D eigenvalue weighted by Gasteiger charge is 2.19. The van der Waals surface area contributed by atoms with Crippen molar-refractivity contribution in [1.82, 2.24) is 4.57 Å². The van der Waals surface area contributed by atoms with Crippen molar-refractivity contribution in [2.24, 2.45) is 0 Å². The summed E-state index contributed by atoms with van der Waals surface area (Å²) < 4.78 is 7.08. The molecule has 1 heterocycles. The first-order valence-corrected chi connectivity index (χ1v) is 6.83. The molecule has 0 spiro atoms. The molecule has 0 aliphatic rings. The van der Waals surface area contributed by atoms with Crippen LogP contribution in [0, 0.1) is 0 Å². The molecule has 5 nitrogen and oxygen atoms in total. The van der Waals surface area contributed by atoms with Gasteiger partial charge in [-0.3, -0.25) is 4.79 Å². The number of aromatic nitrogens is 1. The summed E-state index contributed by atoms with van der Waals surface area (Å²) >= 11 is 0. The number of nitrogens with two attached hydrogens (primary N) is 1. The van der Waals surface area contributed by atoms with Crippen LogP contribution in [0.4, 0.5) is 11.4 Å². The molecule has 0 aliphatic heterocycles. The number of ether oxygens (including phenoxy) is 1. The van der Waals surface area contributed by atoms with E-state index < -0.39 is 0 Å². The van der Waals surface area contributed by atoms with Gasteiger partial charge in [0.15, 0.2) is 0 Å². The van der Waals surface area contributed by atoms with Gasteiger partial charge in [-0.15, -0.1) is 0 Å². The maximum atomic E-state index is 12.7. The number of methoxy groups -OCH3 is 1. The molecule has 0 aliphatic carbocycles. The van der Waals surface area contributed by atoms with Gasteiger partial charge in [0.2, 0.25) is 0 Å². The second-order valence-corrected chi connectivity index (χ2v) is 5.23. The van der Waals surface area contributed by atoms with E-state index in [2.05, 4.69) is 0 Å². The second-order valence-electron chi connectivity index (χ2n) is 5.23. The zero-order valence-electron chi connectivity index (χ0n) is 12.8. The quantitative estimate of drug-likeness (QED) is 0.940. The van der Waals surface area contributed by atoms with Crippen LogP contribution in [0.15, 0.2) is 36.5 Å². The number of hydrogen-bond donors (Lipinski definition) is 1. The minimum absolute atomic E-state index is 0.103. The predicted molar refractivity (Wildman–Crippen MR) is 85.0 cm³/mol. The molecule has 112 valence electrons. The molecule has 1 amide bonds. The number of nitrogen functional groups attached to an aromatic ring is 1. The van der Waals surface area contributed by atoms with Gasteiger partial charge in [-0.2, -0.15) is 0 Å². The van der Waals surface area contributed by atoms with Crippen LogP contribution in [0.1, 0.15) is 30.4 Å². The summed E-state index contributed by atoms with van der Waals surface area (Å²) in [6.45, 7) is 4.03. The van der Waals surface area contributed by atoms with E-state index in [9.17, 15) is 4.79 Å². The number of amides is 1. The van der Waals surface area contributed by atoms with E-state index in [1.54, 1.807) is 31.3 Å². The molecule has 0 unspecified atom stereocenters. The summed E-state index contributed by atoms with van der Waals surface area (Å²) in [5.41, 5.74) is 7.77. The van der Waals surface area contributed by atoms with Crippen molar-refractivity contribution >= 4 is 17.3 Å². The number of nitrogens with zero attached hydrogens (tertiary/aromatic N) is 2. The third-order valence-corrected chi connectivity index (χ3v) is 3.39. The molecule has 0 radical (unpaired) electrons. The second kappa shape index (κ2) is 5.91. The van der Waals surface area contributed by atoms with E-state index in [1.165, 1.54) is 0 Å². The number of benzene rings is 1. The molecular weight excluding hydrogens is 266 g/mol. The molecule has 0 saturated carbocycles. The van der Waals surface area contributed by atoms with Crippen LogP contribution in [0.2, 0.25) is 0 Å². The normalized spacial score (nSPS) is 10.7. The van der Waals surface area contributed by atoms with E-state index in [0.717, 1.165) is 5.69 Å². The summed E-state index contributed by atoms with van der Waals surface area (Å²) in [4.78, 5) is 14.3. The molecular formula is C16H21N3O2. The predicted octanol–water partition coefficient (Wildman–Crippen LogP) is 2.94. The SMILES string of the molecule is COc1cccc(N(C)C(=O)c2cc(N)cn2C(C)C)c1. The number of rotatable bonds is 4. The first-order valence-electron chi connectivity index (χ1n) is 6.83. The molecule has 0 bridgehead atoms. The van der Waals surface area contributed by atoms with E-state index in [0.29, 0.717) is 17.1 Å². The Morgan fingerprint density at radius 3 is 2.67 bits per heavy atom. The summed E-state index contributed by atoms with van der Waals surface area (Å²) in [7, 11) is 3.34. The standard InChI is InChI=1S/C16H21N3O2/c1-11(2)19-10-12(17)8-15(19)16(20)18(3)13-6-5-7-14(9-13)21-4/h5-11H,17H2,1-4H3. The topological polar surface area (TPSA) is 60.5 Å². The Morgan fingerprint density at radius 2 is 2.05 bits per heavy atom. The molecule has 1 aromatic heterocycles. The van der Waals surface area contributed by atoms with Gasteiger partial charge >= 0.3 is 0 Å². The van der Waals surface area contributed by atoms with Crippen molar-refractivity contribution in [3.63, 3.8) is 0 Å². The smallest absolute Gasteiger partial charge is 0.274 e. The first-order chi connectivity index (χ1) is 9.93. The molecule has 2 N–H and O–H groups in total. The highest BCUT2D eigenvalue weighted by atomic mass is 16.5. The number of anilines is 2. The van der Waals surface area contributed by atoms with Crippen LogP contribution in [0.25, 0.3) is 0 Å². The van der Waals surface area contributed by atoms with Gasteiger partial charge in [-0.1, -0.05) is 6.07 Å². The van der Waals surface area contributed by atoms with Crippen molar-refractivity contribution < 1.29 is 9.53 Å². The molecule has 2 rings (SSSR count). The van der Waals surface area contributed by atoms with E-state index in [1.807, 2.05) is 42.7 Å². The monoisotopic (exact) mass is 287 g/mol. The lowest BCUT2D eigenvalue weighted by Gasteiger charge is -2.20. The molecule has 0 fully saturated rings. The van der Waals surface area contributed by atoms with Crippen LogP contribution in [-0.4, -0.2) is 24.6 Å². The van der Waals surface area contributed by atoms with Gasteiger partial charge in [0.25, 0.3) is 5.91 Å². The fourth-order valence-electron chi connectivity index (χ4n) is 2.21. The van der Waals surface area contributed by atoms with Gasteiger partial charge in [-0.05, 0) is 32.0 Å². The fourth-order valence-corrected chi connectivity index (χ4v) is 2.21. The highest BCUT2D eigenvalue weighted by Crippen LogP contribution is 2.23. The van der Waals surface area contributed by atoms with Crippen LogP contribution in [0.5, 0.6) is 5.75 Å². The Kier molecular flexibility index (Phi) is 4.21. The van der Waals surface area contributed by atoms with Gasteiger partial charge in [0.1, 0.15) is 11.4 Å². The Bertz CT molecular complexity index is 647. The lowest BCUT2D eigenvalue weighted by Crippen LogP contribution is -2.28. The van der Waals surface area contributed by atoms with Crippen LogP contribution in [-0.2, 0) is 0 Å². The lowest BCUT2D eigenvalue weighted by atomic mass is 10.2. The first kappa shape index (κ1) is 15.0. The van der Waals surface area contributed by atoms with Crippen molar-refractivity contribution in [2.45, 2.75) is 19.9 Å². The van der Waals surface area contributed by atoms with Crippen molar-refractivity contribution in [3.05, 3.63) is 42.2 Å². The lowest BCUT2D eigenvalue weighted by molar-refractivity contribution is 0.0982. The Hall–Kier alpha value is -2.43. The zero-order chi connectivity index (χ0) is 15.6. The average molecular weight is 287 g/mol. The number of carbonyl (C=O) groups excluding carboxylic acids is 1. The van der Waals surface area contributed by atoms with E-state index in [-0.39, 0.29) is 11.9 Å².